The molecule has 18 heavy (non-hydrogen) atoms. The van der Waals surface area contributed by atoms with Crippen molar-refractivity contribution in [3.05, 3.63) is 59.1 Å². The smallest absolute Gasteiger partial charge is 0.0715 e. The normalized spacial score (nSPS) is 12.4. The number of hydrogen-bond donors (Lipinski definition) is 1. The van der Waals surface area contributed by atoms with Crippen molar-refractivity contribution in [3.63, 3.8) is 0 Å². The highest BCUT2D eigenvalue weighted by atomic mass is 35.5. The van der Waals surface area contributed by atoms with Gasteiger partial charge in [-0.25, -0.2) is 0 Å². The molecule has 1 N–H and O–H groups in total. The van der Waals surface area contributed by atoms with Gasteiger partial charge in [0.25, 0.3) is 0 Å². The second kappa shape index (κ2) is 6.24. The quantitative estimate of drug-likeness (QED) is 0.835. The van der Waals surface area contributed by atoms with Gasteiger partial charge in [0.15, 0.2) is 0 Å². The number of halogens is 2. The molecule has 0 fully saturated rings. The molecule has 0 spiro atoms. The van der Waals surface area contributed by atoms with Gasteiger partial charge in [0.05, 0.1) is 6.10 Å². The number of aliphatic hydroxyl groups is 1. The molecule has 0 saturated heterocycles. The van der Waals surface area contributed by atoms with Crippen LogP contribution < -0.4 is 0 Å². The minimum atomic E-state index is -0.523. The maximum atomic E-state index is 9.51. The largest absolute Gasteiger partial charge is 0.392 e. The van der Waals surface area contributed by atoms with E-state index in [-0.39, 0.29) is 5.88 Å². The van der Waals surface area contributed by atoms with E-state index in [9.17, 15) is 5.11 Å². The Morgan fingerprint density at radius 1 is 1.06 bits per heavy atom. The summed E-state index contributed by atoms with van der Waals surface area (Å²) < 4.78 is 0. The summed E-state index contributed by atoms with van der Waals surface area (Å²) in [4.78, 5) is 0. The second-order valence-electron chi connectivity index (χ2n) is 4.19. The van der Waals surface area contributed by atoms with Gasteiger partial charge in [-0.2, -0.15) is 0 Å². The van der Waals surface area contributed by atoms with E-state index in [1.54, 1.807) is 0 Å². The lowest BCUT2D eigenvalue weighted by atomic mass is 10.0. The van der Waals surface area contributed by atoms with Crippen LogP contribution in [0.4, 0.5) is 0 Å². The molecule has 0 aliphatic carbocycles. The third-order valence-corrected chi connectivity index (χ3v) is 3.44. The van der Waals surface area contributed by atoms with Gasteiger partial charge >= 0.3 is 0 Å². The molecular weight excluding hydrogens is 267 g/mol. The maximum absolute atomic E-state index is 9.51. The zero-order valence-electron chi connectivity index (χ0n) is 9.81. The van der Waals surface area contributed by atoms with Crippen LogP contribution in [0.1, 0.15) is 5.56 Å². The minimum Gasteiger partial charge on any atom is -0.392 e. The Bertz CT molecular complexity index is 511. The molecule has 0 aromatic heterocycles. The number of hydrogen-bond acceptors (Lipinski definition) is 1. The average molecular weight is 281 g/mol. The number of rotatable bonds is 4. The van der Waals surface area contributed by atoms with Crippen LogP contribution in [0.3, 0.4) is 0 Å². The molecule has 1 atom stereocenters. The first kappa shape index (κ1) is 13.4. The van der Waals surface area contributed by atoms with Gasteiger partial charge < -0.3 is 5.11 Å². The summed E-state index contributed by atoms with van der Waals surface area (Å²) in [6, 6.07) is 15.8. The molecule has 1 nitrogen and oxygen atoms in total. The molecule has 0 saturated carbocycles. The van der Waals surface area contributed by atoms with Gasteiger partial charge in [0, 0.05) is 16.5 Å². The highest BCUT2D eigenvalue weighted by Gasteiger charge is 2.07. The lowest BCUT2D eigenvalue weighted by Gasteiger charge is -2.10. The summed E-state index contributed by atoms with van der Waals surface area (Å²) in [7, 11) is 0. The molecule has 0 bridgehead atoms. The van der Waals surface area contributed by atoms with Crippen molar-refractivity contribution in [2.45, 2.75) is 12.5 Å². The van der Waals surface area contributed by atoms with Crippen molar-refractivity contribution >= 4 is 23.2 Å². The van der Waals surface area contributed by atoms with Crippen LogP contribution in [0.5, 0.6) is 0 Å². The van der Waals surface area contributed by atoms with E-state index in [0.29, 0.717) is 11.4 Å². The van der Waals surface area contributed by atoms with Crippen LogP contribution in [0.15, 0.2) is 48.5 Å². The van der Waals surface area contributed by atoms with Gasteiger partial charge in [-0.15, -0.1) is 11.6 Å². The number of aliphatic hydroxyl groups excluding tert-OH is 1. The third kappa shape index (κ3) is 3.26. The average Bonchev–Trinajstić information content (AvgIpc) is 2.40. The molecule has 3 heteroatoms. The Morgan fingerprint density at radius 3 is 2.39 bits per heavy atom. The van der Waals surface area contributed by atoms with Crippen LogP contribution in [0.2, 0.25) is 5.02 Å². The van der Waals surface area contributed by atoms with Crippen LogP contribution in [0, 0.1) is 0 Å². The van der Waals surface area contributed by atoms with E-state index >= 15 is 0 Å². The fourth-order valence-corrected chi connectivity index (χ4v) is 2.29. The molecule has 1 unspecified atom stereocenters. The SMILES string of the molecule is OC(CCl)Cc1ccc(-c2ccccc2)c(Cl)c1. The van der Waals surface area contributed by atoms with Crippen molar-refractivity contribution < 1.29 is 5.11 Å². The molecule has 94 valence electrons. The summed E-state index contributed by atoms with van der Waals surface area (Å²) in [5, 5.41) is 10.2. The first-order valence-corrected chi connectivity index (χ1v) is 6.70. The summed E-state index contributed by atoms with van der Waals surface area (Å²) in [5.74, 6) is 0.234. The highest BCUT2D eigenvalue weighted by Crippen LogP contribution is 2.28. The first-order chi connectivity index (χ1) is 8.70. The summed E-state index contributed by atoms with van der Waals surface area (Å²) >= 11 is 11.9. The zero-order chi connectivity index (χ0) is 13.0. The van der Waals surface area contributed by atoms with Gasteiger partial charge in [-0.1, -0.05) is 54.1 Å². The predicted octanol–water partition coefficient (Wildman–Crippen LogP) is 4.15. The summed E-state index contributed by atoms with van der Waals surface area (Å²) in [6.07, 6.45) is 0.00322. The molecular formula is C15H14Cl2O. The monoisotopic (exact) mass is 280 g/mol. The van der Waals surface area contributed by atoms with Gasteiger partial charge in [0.1, 0.15) is 0 Å². The molecule has 2 aromatic carbocycles. The van der Waals surface area contributed by atoms with Crippen LogP contribution in [-0.2, 0) is 6.42 Å². The van der Waals surface area contributed by atoms with Crippen molar-refractivity contribution in [1.82, 2.24) is 0 Å². The van der Waals surface area contributed by atoms with Gasteiger partial charge in [-0.3, -0.25) is 0 Å². The molecule has 0 amide bonds. The zero-order valence-corrected chi connectivity index (χ0v) is 11.3. The fraction of sp³-hybridized carbons (Fsp3) is 0.200. The van der Waals surface area contributed by atoms with Crippen molar-refractivity contribution in [2.24, 2.45) is 0 Å². The molecule has 0 heterocycles. The Hall–Kier alpha value is -1.02. The maximum Gasteiger partial charge on any atom is 0.0715 e. The molecule has 2 aromatic rings. The lowest BCUT2D eigenvalue weighted by molar-refractivity contribution is 0.199. The molecule has 0 aliphatic rings. The van der Waals surface area contributed by atoms with E-state index < -0.39 is 6.10 Å². The van der Waals surface area contributed by atoms with Gasteiger partial charge in [0.2, 0.25) is 0 Å². The molecule has 0 aliphatic heterocycles. The van der Waals surface area contributed by atoms with E-state index in [2.05, 4.69) is 0 Å². The Balaban J connectivity index is 2.26. The minimum absolute atomic E-state index is 0.234. The molecule has 0 radical (unpaired) electrons. The Morgan fingerprint density at radius 2 is 1.78 bits per heavy atom. The lowest BCUT2D eigenvalue weighted by Crippen LogP contribution is -2.11. The Labute approximate surface area is 117 Å². The van der Waals surface area contributed by atoms with E-state index in [1.807, 2.05) is 48.5 Å². The van der Waals surface area contributed by atoms with Gasteiger partial charge in [-0.05, 0) is 23.6 Å². The van der Waals surface area contributed by atoms with Crippen LogP contribution in [0.25, 0.3) is 11.1 Å². The van der Waals surface area contributed by atoms with Crippen molar-refractivity contribution in [1.29, 1.82) is 0 Å². The van der Waals surface area contributed by atoms with E-state index in [4.69, 9.17) is 23.2 Å². The predicted molar refractivity (Wildman–Crippen MR) is 77.3 cm³/mol. The number of alkyl halides is 1. The van der Waals surface area contributed by atoms with E-state index in [1.165, 1.54) is 0 Å². The fourth-order valence-electron chi connectivity index (χ4n) is 1.86. The van der Waals surface area contributed by atoms with Crippen molar-refractivity contribution in [3.8, 4) is 11.1 Å². The highest BCUT2D eigenvalue weighted by molar-refractivity contribution is 6.33. The third-order valence-electron chi connectivity index (χ3n) is 2.77. The van der Waals surface area contributed by atoms with E-state index in [0.717, 1.165) is 16.7 Å². The second-order valence-corrected chi connectivity index (χ2v) is 4.91. The Kier molecular flexibility index (Phi) is 4.65. The first-order valence-electron chi connectivity index (χ1n) is 5.78. The summed E-state index contributed by atoms with van der Waals surface area (Å²) in [5.41, 5.74) is 3.08. The van der Waals surface area contributed by atoms with Crippen molar-refractivity contribution in [2.75, 3.05) is 5.88 Å². The standard InChI is InChI=1S/C15H14Cl2O/c16-10-13(18)8-11-6-7-14(15(17)9-11)12-4-2-1-3-5-12/h1-7,9,13,18H,8,10H2. The number of benzene rings is 2. The molecule has 2 rings (SSSR count). The van der Waals surface area contributed by atoms with Crippen LogP contribution >= 0.6 is 23.2 Å². The topological polar surface area (TPSA) is 20.2 Å². The summed E-state index contributed by atoms with van der Waals surface area (Å²) in [6.45, 7) is 0. The van der Waals surface area contributed by atoms with Crippen LogP contribution in [-0.4, -0.2) is 17.1 Å².